The van der Waals surface area contributed by atoms with Gasteiger partial charge in [0.15, 0.2) is 11.0 Å². The predicted octanol–water partition coefficient (Wildman–Crippen LogP) is 1.58. The van der Waals surface area contributed by atoms with E-state index in [4.69, 9.17) is 0 Å². The summed E-state index contributed by atoms with van der Waals surface area (Å²) in [7, 11) is 0. The number of hydrogen-bond acceptors (Lipinski definition) is 1. The van der Waals surface area contributed by atoms with Gasteiger partial charge in [-0.3, -0.25) is 0 Å². The average Bonchev–Trinajstić information content (AvgIpc) is 2.27. The molecule has 2 aromatic rings. The highest BCUT2D eigenvalue weighted by Crippen LogP contribution is 2.10. The Morgan fingerprint density at radius 2 is 2.27 bits per heavy atom. The van der Waals surface area contributed by atoms with Gasteiger partial charge in [0.25, 0.3) is 0 Å². The number of aromatic nitrogens is 2. The summed E-state index contributed by atoms with van der Waals surface area (Å²) in [6.07, 6.45) is 0. The molecule has 0 aliphatic rings. The minimum Gasteiger partial charge on any atom is -0.231 e. The number of imidazole rings is 1. The number of benzene rings is 1. The minimum atomic E-state index is 0.797. The molecule has 2 rings (SSSR count). The van der Waals surface area contributed by atoms with Crippen molar-refractivity contribution in [2.75, 3.05) is 0 Å². The second-order valence-electron chi connectivity index (χ2n) is 2.65. The number of rotatable bonds is 0. The summed E-state index contributed by atoms with van der Waals surface area (Å²) in [5.74, 6) is 0. The lowest BCUT2D eigenvalue weighted by Crippen LogP contribution is -1.97. The van der Waals surface area contributed by atoms with Gasteiger partial charge in [-0.25, -0.2) is 9.97 Å². The minimum absolute atomic E-state index is 0.797. The molecule has 0 fully saturated rings. The van der Waals surface area contributed by atoms with Gasteiger partial charge in [0.2, 0.25) is 0 Å². The van der Waals surface area contributed by atoms with Gasteiger partial charge >= 0.3 is 5.16 Å². The first kappa shape index (κ1) is 6.73. The zero-order chi connectivity index (χ0) is 7.84. The van der Waals surface area contributed by atoms with Gasteiger partial charge in [-0.15, -0.1) is 0 Å². The molecule has 0 unspecified atom stereocenters. The highest BCUT2D eigenvalue weighted by atomic mass is 32.1. The molecule has 1 aromatic carbocycles. The largest absolute Gasteiger partial charge is 0.311 e. The number of aromatic amines is 2. The molecule has 1 aromatic heterocycles. The molecule has 2 nitrogen and oxygen atoms in total. The Morgan fingerprint density at radius 3 is 3.09 bits per heavy atom. The molecule has 0 atom stereocenters. The van der Waals surface area contributed by atoms with Crippen molar-refractivity contribution in [2.45, 2.75) is 12.1 Å². The van der Waals surface area contributed by atoms with Crippen LogP contribution in [0.25, 0.3) is 11.0 Å². The van der Waals surface area contributed by atoms with Crippen LogP contribution >= 0.6 is 12.6 Å². The quantitative estimate of drug-likeness (QED) is 0.555. The number of aryl methyl sites for hydroxylation is 1. The van der Waals surface area contributed by atoms with Gasteiger partial charge in [-0.1, -0.05) is 18.7 Å². The van der Waals surface area contributed by atoms with Crippen molar-refractivity contribution in [3.05, 3.63) is 23.8 Å². The van der Waals surface area contributed by atoms with E-state index in [0.29, 0.717) is 0 Å². The van der Waals surface area contributed by atoms with Crippen LogP contribution in [0, 0.1) is 6.92 Å². The monoisotopic (exact) mass is 165 g/mol. The predicted molar refractivity (Wildman–Crippen MR) is 46.8 cm³/mol. The summed E-state index contributed by atoms with van der Waals surface area (Å²) in [5, 5.41) is 0.797. The second-order valence-corrected chi connectivity index (χ2v) is 3.09. The van der Waals surface area contributed by atoms with Crippen LogP contribution in [0.3, 0.4) is 0 Å². The Labute approximate surface area is 70.1 Å². The maximum atomic E-state index is 4.17. The molecular formula is C8H9N2S+. The van der Waals surface area contributed by atoms with Crippen LogP contribution in [-0.4, -0.2) is 4.98 Å². The third-order valence-electron chi connectivity index (χ3n) is 1.68. The molecule has 0 radical (unpaired) electrons. The Bertz CT molecular complexity index is 392. The summed E-state index contributed by atoms with van der Waals surface area (Å²) in [6.45, 7) is 2.07. The first-order valence-electron chi connectivity index (χ1n) is 3.46. The van der Waals surface area contributed by atoms with Crippen LogP contribution in [0.5, 0.6) is 0 Å². The highest BCUT2D eigenvalue weighted by Gasteiger charge is 2.04. The first-order valence-corrected chi connectivity index (χ1v) is 3.91. The fourth-order valence-electron chi connectivity index (χ4n) is 1.16. The van der Waals surface area contributed by atoms with Crippen LogP contribution in [0.1, 0.15) is 5.56 Å². The lowest BCUT2D eigenvalue weighted by Gasteiger charge is -1.85. The lowest BCUT2D eigenvalue weighted by molar-refractivity contribution is -0.395. The number of H-pyrrole nitrogens is 2. The molecule has 3 heteroatoms. The van der Waals surface area contributed by atoms with Crippen LogP contribution < -0.4 is 4.98 Å². The molecule has 0 aliphatic carbocycles. The Balaban J connectivity index is 2.82. The van der Waals surface area contributed by atoms with Gasteiger partial charge in [-0.2, -0.15) is 0 Å². The third-order valence-corrected chi connectivity index (χ3v) is 1.90. The standard InChI is InChI=1S/C8H8N2S/c1-5-2-3-6-7(4-5)10-8(11)9-6/h2-4H,1H3,(H2,9,10,11)/p+1. The molecule has 2 N–H and O–H groups in total. The normalized spacial score (nSPS) is 10.7. The molecule has 0 saturated heterocycles. The van der Waals surface area contributed by atoms with Gasteiger partial charge < -0.3 is 0 Å². The Kier molecular flexibility index (Phi) is 1.39. The van der Waals surface area contributed by atoms with Crippen LogP contribution in [-0.2, 0) is 0 Å². The summed E-state index contributed by atoms with van der Waals surface area (Å²) in [6, 6.07) is 6.20. The highest BCUT2D eigenvalue weighted by molar-refractivity contribution is 7.79. The molecule has 1 heterocycles. The number of nitrogens with one attached hydrogen (secondary N) is 2. The number of thiol groups is 1. The van der Waals surface area contributed by atoms with Gasteiger partial charge in [0.05, 0.1) is 0 Å². The Hall–Kier alpha value is -0.960. The van der Waals surface area contributed by atoms with Crippen LogP contribution in [0.2, 0.25) is 0 Å². The number of fused-ring (bicyclic) bond motifs is 1. The van der Waals surface area contributed by atoms with Gasteiger partial charge in [0, 0.05) is 0 Å². The fourth-order valence-corrected chi connectivity index (χ4v) is 1.40. The summed E-state index contributed by atoms with van der Waals surface area (Å²) in [5.41, 5.74) is 3.46. The smallest absolute Gasteiger partial charge is 0.231 e. The van der Waals surface area contributed by atoms with Crippen molar-refractivity contribution in [2.24, 2.45) is 0 Å². The fraction of sp³-hybridized carbons (Fsp3) is 0.125. The van der Waals surface area contributed by atoms with E-state index in [-0.39, 0.29) is 0 Å². The van der Waals surface area contributed by atoms with Crippen molar-refractivity contribution in [3.8, 4) is 0 Å². The van der Waals surface area contributed by atoms with Crippen molar-refractivity contribution >= 4 is 23.7 Å². The van der Waals surface area contributed by atoms with Crippen LogP contribution in [0.4, 0.5) is 0 Å². The second kappa shape index (κ2) is 2.27. The molecule has 0 amide bonds. The topological polar surface area (TPSA) is 29.9 Å². The lowest BCUT2D eigenvalue weighted by atomic mass is 10.2. The Morgan fingerprint density at radius 1 is 1.45 bits per heavy atom. The van der Waals surface area contributed by atoms with Crippen molar-refractivity contribution in [1.29, 1.82) is 0 Å². The average molecular weight is 165 g/mol. The zero-order valence-corrected chi connectivity index (χ0v) is 7.07. The molecule has 11 heavy (non-hydrogen) atoms. The van der Waals surface area contributed by atoms with E-state index in [1.54, 1.807) is 0 Å². The summed E-state index contributed by atoms with van der Waals surface area (Å²) in [4.78, 5) is 6.20. The summed E-state index contributed by atoms with van der Waals surface area (Å²) >= 11 is 4.17. The van der Waals surface area contributed by atoms with Gasteiger partial charge in [0.1, 0.15) is 0 Å². The molecule has 56 valence electrons. The third kappa shape index (κ3) is 1.12. The van der Waals surface area contributed by atoms with E-state index in [9.17, 15) is 0 Å². The maximum absolute atomic E-state index is 4.17. The zero-order valence-electron chi connectivity index (χ0n) is 6.18. The van der Waals surface area contributed by atoms with E-state index >= 15 is 0 Å². The molecule has 0 bridgehead atoms. The first-order chi connectivity index (χ1) is 5.25. The molecular weight excluding hydrogens is 156 g/mol. The maximum Gasteiger partial charge on any atom is 0.311 e. The van der Waals surface area contributed by atoms with E-state index < -0.39 is 0 Å². The van der Waals surface area contributed by atoms with Crippen molar-refractivity contribution in [1.82, 2.24) is 4.98 Å². The number of hydrogen-bond donors (Lipinski definition) is 2. The van der Waals surface area contributed by atoms with Crippen LogP contribution in [0.15, 0.2) is 23.4 Å². The van der Waals surface area contributed by atoms with Crippen molar-refractivity contribution in [3.63, 3.8) is 0 Å². The van der Waals surface area contributed by atoms with Crippen molar-refractivity contribution < 1.29 is 4.98 Å². The van der Waals surface area contributed by atoms with E-state index in [0.717, 1.165) is 16.2 Å². The molecule has 0 saturated carbocycles. The van der Waals surface area contributed by atoms with E-state index in [2.05, 4.69) is 41.7 Å². The molecule has 0 aliphatic heterocycles. The van der Waals surface area contributed by atoms with Gasteiger partial charge in [-0.05, 0) is 24.6 Å². The van der Waals surface area contributed by atoms with E-state index in [1.165, 1.54) is 5.56 Å². The summed E-state index contributed by atoms with van der Waals surface area (Å²) < 4.78 is 0. The molecule has 0 spiro atoms. The van der Waals surface area contributed by atoms with E-state index in [1.807, 2.05) is 6.07 Å². The SMILES string of the molecule is Cc1ccc2[nH+]c(S)[nH]c2c1.